The zero-order chi connectivity index (χ0) is 26.6. The van der Waals surface area contributed by atoms with Gasteiger partial charge in [-0.3, -0.25) is 4.79 Å². The number of benzene rings is 3. The molecule has 0 unspecified atom stereocenters. The number of halogens is 2. The predicted molar refractivity (Wildman–Crippen MR) is 147 cm³/mol. The van der Waals surface area contributed by atoms with Crippen molar-refractivity contribution in [1.29, 1.82) is 0 Å². The molecule has 192 valence electrons. The first-order valence-corrected chi connectivity index (χ1v) is 14.0. The molecule has 1 aromatic heterocycles. The van der Waals surface area contributed by atoms with Crippen molar-refractivity contribution in [2.75, 3.05) is 24.3 Å². The van der Waals surface area contributed by atoms with E-state index < -0.39 is 15.8 Å². The van der Waals surface area contributed by atoms with E-state index in [0.29, 0.717) is 26.7 Å². The summed E-state index contributed by atoms with van der Waals surface area (Å²) in [7, 11) is -0.274. The van der Waals surface area contributed by atoms with E-state index in [1.807, 2.05) is 30.4 Å². The third-order valence-corrected chi connectivity index (χ3v) is 8.51. The van der Waals surface area contributed by atoms with E-state index in [1.54, 1.807) is 48.5 Å². The summed E-state index contributed by atoms with van der Waals surface area (Å²) in [5.41, 5.74) is 2.64. The number of hydrogen-bond acceptors (Lipinski definition) is 5. The number of hydrogen-bond donors (Lipinski definition) is 1. The molecular formula is C27H25ClFN3O3S2. The third kappa shape index (κ3) is 6.56. The lowest BCUT2D eigenvalue weighted by atomic mass is 10.1. The quantitative estimate of drug-likeness (QED) is 0.264. The number of anilines is 2. The van der Waals surface area contributed by atoms with Crippen LogP contribution in [0.3, 0.4) is 0 Å². The summed E-state index contributed by atoms with van der Waals surface area (Å²) < 4.78 is 42.4. The van der Waals surface area contributed by atoms with Crippen LogP contribution in [-0.2, 0) is 23.1 Å². The van der Waals surface area contributed by atoms with Crippen LogP contribution in [0.2, 0.25) is 5.02 Å². The highest BCUT2D eigenvalue weighted by Gasteiger charge is 2.27. The molecule has 0 aliphatic carbocycles. The topological polar surface area (TPSA) is 69.7 Å². The van der Waals surface area contributed by atoms with Crippen LogP contribution in [-0.4, -0.2) is 32.7 Å². The van der Waals surface area contributed by atoms with Crippen molar-refractivity contribution in [2.24, 2.45) is 0 Å². The molecule has 6 nitrogen and oxygen atoms in total. The van der Waals surface area contributed by atoms with Crippen molar-refractivity contribution in [1.82, 2.24) is 4.31 Å². The molecule has 3 aromatic carbocycles. The van der Waals surface area contributed by atoms with Crippen LogP contribution in [0.1, 0.15) is 20.8 Å². The van der Waals surface area contributed by atoms with E-state index >= 15 is 0 Å². The minimum absolute atomic E-state index is 0.00243. The molecule has 0 spiro atoms. The fourth-order valence-corrected chi connectivity index (χ4v) is 6.14. The van der Waals surface area contributed by atoms with Crippen LogP contribution in [0.25, 0.3) is 0 Å². The molecule has 0 radical (unpaired) electrons. The average molecular weight is 558 g/mol. The monoisotopic (exact) mass is 557 g/mol. The highest BCUT2D eigenvalue weighted by atomic mass is 35.5. The standard InChI is InChI=1S/C27H25ClFN3O3S2/c1-31(2)25-13-12-23(30-27(33)26-7-4-14-36-26)15-20(25)18-32(17-19-8-10-22(29)11-9-19)37(34,35)24-6-3-5-21(28)16-24/h3-16H,17-18H2,1-2H3,(H,30,33). The van der Waals surface area contributed by atoms with Gasteiger partial charge in [0, 0.05) is 43.6 Å². The van der Waals surface area contributed by atoms with Crippen LogP contribution >= 0.6 is 22.9 Å². The maximum Gasteiger partial charge on any atom is 0.265 e. The second-order valence-electron chi connectivity index (χ2n) is 8.53. The molecule has 0 atom stereocenters. The number of sulfonamides is 1. The van der Waals surface area contributed by atoms with Crippen molar-refractivity contribution >= 4 is 50.2 Å². The highest BCUT2D eigenvalue weighted by Crippen LogP contribution is 2.29. The van der Waals surface area contributed by atoms with Crippen molar-refractivity contribution in [3.8, 4) is 0 Å². The molecule has 10 heteroatoms. The minimum Gasteiger partial charge on any atom is -0.377 e. The minimum atomic E-state index is -3.99. The lowest BCUT2D eigenvalue weighted by Crippen LogP contribution is -2.31. The third-order valence-electron chi connectivity index (χ3n) is 5.62. The molecule has 0 aliphatic rings. The number of thiophene rings is 1. The fraction of sp³-hybridized carbons (Fsp3) is 0.148. The molecule has 0 fully saturated rings. The van der Waals surface area contributed by atoms with E-state index in [2.05, 4.69) is 5.32 Å². The zero-order valence-corrected chi connectivity index (χ0v) is 22.6. The summed E-state index contributed by atoms with van der Waals surface area (Å²) in [5, 5.41) is 5.01. The van der Waals surface area contributed by atoms with Crippen molar-refractivity contribution in [2.45, 2.75) is 18.0 Å². The van der Waals surface area contributed by atoms with Gasteiger partial charge >= 0.3 is 0 Å². The molecule has 1 heterocycles. The first-order chi connectivity index (χ1) is 17.6. The predicted octanol–water partition coefficient (Wildman–Crippen LogP) is 6.25. The first-order valence-electron chi connectivity index (χ1n) is 11.3. The molecule has 0 bridgehead atoms. The summed E-state index contributed by atoms with van der Waals surface area (Å²) in [6, 6.07) is 20.7. The largest absolute Gasteiger partial charge is 0.377 e. The van der Waals surface area contributed by atoms with E-state index in [-0.39, 0.29) is 23.9 Å². The van der Waals surface area contributed by atoms with Crippen molar-refractivity contribution in [3.05, 3.63) is 111 Å². The van der Waals surface area contributed by atoms with Gasteiger partial charge in [-0.2, -0.15) is 4.31 Å². The van der Waals surface area contributed by atoms with Gasteiger partial charge in [0.15, 0.2) is 0 Å². The molecule has 0 saturated heterocycles. The molecule has 1 N–H and O–H groups in total. The Balaban J connectivity index is 1.73. The van der Waals surface area contributed by atoms with Gasteiger partial charge < -0.3 is 10.2 Å². The molecule has 4 aromatic rings. The summed E-state index contributed by atoms with van der Waals surface area (Å²) in [5.74, 6) is -0.648. The molecular weight excluding hydrogens is 533 g/mol. The number of nitrogens with zero attached hydrogens (tertiary/aromatic N) is 2. The first kappa shape index (κ1) is 26.8. The smallest absolute Gasteiger partial charge is 0.265 e. The summed E-state index contributed by atoms with van der Waals surface area (Å²) in [4.78, 5) is 15.1. The van der Waals surface area contributed by atoms with Gasteiger partial charge in [-0.1, -0.05) is 35.9 Å². The van der Waals surface area contributed by atoms with E-state index in [4.69, 9.17) is 11.6 Å². The maximum absolute atomic E-state index is 13.8. The van der Waals surface area contributed by atoms with Crippen LogP contribution in [0.4, 0.5) is 15.8 Å². The molecule has 0 aliphatic heterocycles. The van der Waals surface area contributed by atoms with Gasteiger partial charge in [0.05, 0.1) is 9.77 Å². The van der Waals surface area contributed by atoms with Crippen LogP contribution in [0.5, 0.6) is 0 Å². The van der Waals surface area contributed by atoms with Crippen molar-refractivity contribution in [3.63, 3.8) is 0 Å². The van der Waals surface area contributed by atoms with Gasteiger partial charge in [-0.15, -0.1) is 11.3 Å². The second-order valence-corrected chi connectivity index (χ2v) is 11.8. The summed E-state index contributed by atoms with van der Waals surface area (Å²) in [6.07, 6.45) is 0. The summed E-state index contributed by atoms with van der Waals surface area (Å²) in [6.45, 7) is 0.0101. The van der Waals surface area contributed by atoms with Gasteiger partial charge in [-0.25, -0.2) is 12.8 Å². The summed E-state index contributed by atoms with van der Waals surface area (Å²) >= 11 is 7.43. The van der Waals surface area contributed by atoms with Gasteiger partial charge in [0.2, 0.25) is 10.0 Å². The maximum atomic E-state index is 13.8. The number of carbonyl (C=O) groups excluding carboxylic acids is 1. The van der Waals surface area contributed by atoms with Crippen LogP contribution < -0.4 is 10.2 Å². The Hall–Kier alpha value is -3.24. The Morgan fingerprint density at radius 3 is 2.38 bits per heavy atom. The van der Waals surface area contributed by atoms with E-state index in [0.717, 1.165) is 5.69 Å². The van der Waals surface area contributed by atoms with Crippen LogP contribution in [0, 0.1) is 5.82 Å². The Labute approximate surface area is 225 Å². The Bertz CT molecular complexity index is 1490. The van der Waals surface area contributed by atoms with Crippen molar-refractivity contribution < 1.29 is 17.6 Å². The Morgan fingerprint density at radius 2 is 1.73 bits per heavy atom. The normalized spacial score (nSPS) is 11.5. The number of amides is 1. The molecule has 0 saturated carbocycles. The Morgan fingerprint density at radius 1 is 0.973 bits per heavy atom. The number of nitrogens with one attached hydrogen (secondary N) is 1. The Kier molecular flexibility index (Phi) is 8.29. The van der Waals surface area contributed by atoms with Gasteiger partial charge in [0.25, 0.3) is 5.91 Å². The second kappa shape index (κ2) is 11.4. The lowest BCUT2D eigenvalue weighted by Gasteiger charge is -2.26. The lowest BCUT2D eigenvalue weighted by molar-refractivity contribution is 0.103. The molecule has 4 rings (SSSR count). The zero-order valence-electron chi connectivity index (χ0n) is 20.2. The molecule has 1 amide bonds. The number of rotatable bonds is 9. The fourth-order valence-electron chi connectivity index (χ4n) is 3.81. The van der Waals surface area contributed by atoms with E-state index in [1.165, 1.54) is 39.9 Å². The number of carbonyl (C=O) groups is 1. The van der Waals surface area contributed by atoms with Crippen LogP contribution in [0.15, 0.2) is 89.1 Å². The van der Waals surface area contributed by atoms with E-state index in [9.17, 15) is 17.6 Å². The van der Waals surface area contributed by atoms with Gasteiger partial charge in [-0.05, 0) is 71.1 Å². The average Bonchev–Trinajstić information content (AvgIpc) is 3.40. The van der Waals surface area contributed by atoms with Gasteiger partial charge in [0.1, 0.15) is 5.82 Å². The molecule has 37 heavy (non-hydrogen) atoms. The SMILES string of the molecule is CN(C)c1ccc(NC(=O)c2cccs2)cc1CN(Cc1ccc(F)cc1)S(=O)(=O)c1cccc(Cl)c1. The highest BCUT2D eigenvalue weighted by molar-refractivity contribution is 7.89.